The van der Waals surface area contributed by atoms with E-state index in [9.17, 15) is 4.79 Å². The second-order valence-electron chi connectivity index (χ2n) is 4.10. The molecular weight excluding hydrogens is 286 g/mol. The minimum absolute atomic E-state index is 0.118. The standard InChI is InChI=1S/C12H14BrNO3/c1-14-8(5-6-11(15)16)7-17-12-9(13)3-2-4-10(12)14/h2-4,8H,5-7H2,1H3,(H,15,16). The fourth-order valence-electron chi connectivity index (χ4n) is 1.97. The van der Waals surface area contributed by atoms with Crippen LogP contribution in [0.15, 0.2) is 22.7 Å². The van der Waals surface area contributed by atoms with Gasteiger partial charge in [-0.2, -0.15) is 0 Å². The first-order chi connectivity index (χ1) is 8.09. The van der Waals surface area contributed by atoms with E-state index in [4.69, 9.17) is 9.84 Å². The number of aliphatic carboxylic acids is 1. The molecule has 4 nitrogen and oxygen atoms in total. The zero-order chi connectivity index (χ0) is 12.4. The molecule has 1 atom stereocenters. The largest absolute Gasteiger partial charge is 0.488 e. The molecule has 1 unspecified atom stereocenters. The number of rotatable bonds is 3. The van der Waals surface area contributed by atoms with Crippen molar-refractivity contribution in [2.45, 2.75) is 18.9 Å². The number of hydrogen-bond donors (Lipinski definition) is 1. The highest BCUT2D eigenvalue weighted by Crippen LogP contribution is 2.39. The van der Waals surface area contributed by atoms with Gasteiger partial charge in [-0.15, -0.1) is 0 Å². The highest BCUT2D eigenvalue weighted by atomic mass is 79.9. The lowest BCUT2D eigenvalue weighted by molar-refractivity contribution is -0.137. The van der Waals surface area contributed by atoms with Gasteiger partial charge < -0.3 is 14.7 Å². The highest BCUT2D eigenvalue weighted by molar-refractivity contribution is 9.10. The highest BCUT2D eigenvalue weighted by Gasteiger charge is 2.26. The van der Waals surface area contributed by atoms with Gasteiger partial charge in [0.25, 0.3) is 0 Å². The summed E-state index contributed by atoms with van der Waals surface area (Å²) in [4.78, 5) is 12.7. The molecule has 1 aliphatic rings. The summed E-state index contributed by atoms with van der Waals surface area (Å²) in [6.45, 7) is 0.527. The molecule has 0 bridgehead atoms. The van der Waals surface area contributed by atoms with E-state index in [1.807, 2.05) is 25.2 Å². The van der Waals surface area contributed by atoms with Gasteiger partial charge in [0.15, 0.2) is 5.75 Å². The molecule has 0 saturated carbocycles. The van der Waals surface area contributed by atoms with Gasteiger partial charge in [0.05, 0.1) is 16.2 Å². The number of benzene rings is 1. The molecule has 0 saturated heterocycles. The van der Waals surface area contributed by atoms with Gasteiger partial charge >= 0.3 is 5.97 Å². The monoisotopic (exact) mass is 299 g/mol. The summed E-state index contributed by atoms with van der Waals surface area (Å²) in [7, 11) is 1.97. The Labute approximate surface area is 108 Å². The fraction of sp³-hybridized carbons (Fsp3) is 0.417. The third kappa shape index (κ3) is 2.54. The number of carboxylic acids is 1. The maximum absolute atomic E-state index is 10.6. The number of hydrogen-bond acceptors (Lipinski definition) is 3. The zero-order valence-electron chi connectivity index (χ0n) is 9.52. The molecule has 0 spiro atoms. The Morgan fingerprint density at radius 3 is 3.12 bits per heavy atom. The van der Waals surface area contributed by atoms with Crippen LogP contribution < -0.4 is 9.64 Å². The van der Waals surface area contributed by atoms with Crippen LogP contribution in [0.4, 0.5) is 5.69 Å². The molecule has 0 radical (unpaired) electrons. The lowest BCUT2D eigenvalue weighted by Gasteiger charge is -2.36. The van der Waals surface area contributed by atoms with Crippen molar-refractivity contribution in [3.63, 3.8) is 0 Å². The number of para-hydroxylation sites is 1. The van der Waals surface area contributed by atoms with Gasteiger partial charge in [-0.05, 0) is 34.5 Å². The Morgan fingerprint density at radius 2 is 2.41 bits per heavy atom. The number of fused-ring (bicyclic) bond motifs is 1. The van der Waals surface area contributed by atoms with Crippen molar-refractivity contribution in [3.05, 3.63) is 22.7 Å². The van der Waals surface area contributed by atoms with Crippen LogP contribution in [0, 0.1) is 0 Å². The van der Waals surface area contributed by atoms with Crippen molar-refractivity contribution >= 4 is 27.6 Å². The Hall–Kier alpha value is -1.23. The van der Waals surface area contributed by atoms with Crippen LogP contribution in [0.25, 0.3) is 0 Å². The molecule has 17 heavy (non-hydrogen) atoms. The van der Waals surface area contributed by atoms with E-state index in [1.54, 1.807) is 0 Å². The maximum Gasteiger partial charge on any atom is 0.303 e. The maximum atomic E-state index is 10.6. The van der Waals surface area contributed by atoms with Crippen molar-refractivity contribution in [2.24, 2.45) is 0 Å². The first kappa shape index (κ1) is 12.2. The first-order valence-electron chi connectivity index (χ1n) is 5.45. The molecule has 0 amide bonds. The van der Waals surface area contributed by atoms with Crippen molar-refractivity contribution < 1.29 is 14.6 Å². The normalized spacial score (nSPS) is 18.5. The van der Waals surface area contributed by atoms with Crippen LogP contribution in [0.5, 0.6) is 5.75 Å². The Balaban J connectivity index is 2.15. The lowest BCUT2D eigenvalue weighted by atomic mass is 10.1. The predicted molar refractivity (Wildman–Crippen MR) is 68.7 cm³/mol. The van der Waals surface area contributed by atoms with Crippen molar-refractivity contribution in [1.29, 1.82) is 0 Å². The summed E-state index contributed by atoms with van der Waals surface area (Å²) in [5, 5.41) is 8.70. The fourth-order valence-corrected chi connectivity index (χ4v) is 2.44. The molecule has 1 aliphatic heterocycles. The minimum Gasteiger partial charge on any atom is -0.488 e. The number of carbonyl (C=O) groups is 1. The van der Waals surface area contributed by atoms with E-state index >= 15 is 0 Å². The quantitative estimate of drug-likeness (QED) is 0.932. The Bertz CT molecular complexity index is 436. The molecule has 92 valence electrons. The van der Waals surface area contributed by atoms with Crippen molar-refractivity contribution in [3.8, 4) is 5.75 Å². The molecule has 1 aromatic rings. The predicted octanol–water partition coefficient (Wildman–Crippen LogP) is 2.51. The first-order valence-corrected chi connectivity index (χ1v) is 6.25. The van der Waals surface area contributed by atoms with Crippen molar-refractivity contribution in [1.82, 2.24) is 0 Å². The number of nitrogens with zero attached hydrogens (tertiary/aromatic N) is 1. The number of likely N-dealkylation sites (N-methyl/N-ethyl adjacent to an activating group) is 1. The van der Waals surface area contributed by atoms with E-state index < -0.39 is 5.97 Å². The van der Waals surface area contributed by atoms with Gasteiger partial charge in [-0.25, -0.2) is 0 Å². The van der Waals surface area contributed by atoms with Crippen LogP contribution in [0.1, 0.15) is 12.8 Å². The molecule has 1 N–H and O–H groups in total. The van der Waals surface area contributed by atoms with Gasteiger partial charge in [0.1, 0.15) is 6.61 Å². The van der Waals surface area contributed by atoms with Crippen LogP contribution in [0.3, 0.4) is 0 Å². The summed E-state index contributed by atoms with van der Waals surface area (Å²) in [6, 6.07) is 5.98. The summed E-state index contributed by atoms with van der Waals surface area (Å²) >= 11 is 3.45. The molecule has 0 aliphatic carbocycles. The van der Waals surface area contributed by atoms with E-state index in [2.05, 4.69) is 20.8 Å². The third-order valence-corrected chi connectivity index (χ3v) is 3.61. The van der Waals surface area contributed by atoms with E-state index in [0.29, 0.717) is 13.0 Å². The minimum atomic E-state index is -0.765. The van der Waals surface area contributed by atoms with Crippen LogP contribution in [0.2, 0.25) is 0 Å². The Kier molecular flexibility index (Phi) is 3.57. The van der Waals surface area contributed by atoms with Crippen LogP contribution >= 0.6 is 15.9 Å². The third-order valence-electron chi connectivity index (χ3n) is 2.99. The molecule has 5 heteroatoms. The van der Waals surface area contributed by atoms with E-state index in [1.165, 1.54) is 0 Å². The zero-order valence-corrected chi connectivity index (χ0v) is 11.1. The van der Waals surface area contributed by atoms with Gasteiger partial charge in [0.2, 0.25) is 0 Å². The average Bonchev–Trinajstić information content (AvgIpc) is 2.29. The van der Waals surface area contributed by atoms with Crippen LogP contribution in [-0.4, -0.2) is 30.8 Å². The van der Waals surface area contributed by atoms with E-state index in [0.717, 1.165) is 15.9 Å². The summed E-state index contributed by atoms with van der Waals surface area (Å²) < 4.78 is 6.62. The molecule has 2 rings (SSSR count). The van der Waals surface area contributed by atoms with Crippen LogP contribution in [-0.2, 0) is 4.79 Å². The Morgan fingerprint density at radius 1 is 1.65 bits per heavy atom. The SMILES string of the molecule is CN1c2cccc(Br)c2OCC1CCC(=O)O. The van der Waals surface area contributed by atoms with Gasteiger partial charge in [-0.1, -0.05) is 6.07 Å². The topological polar surface area (TPSA) is 49.8 Å². The second-order valence-corrected chi connectivity index (χ2v) is 4.95. The molecular formula is C12H14BrNO3. The van der Waals surface area contributed by atoms with Gasteiger partial charge in [0, 0.05) is 13.5 Å². The average molecular weight is 300 g/mol. The molecule has 0 fully saturated rings. The number of halogens is 1. The summed E-state index contributed by atoms with van der Waals surface area (Å²) in [5.41, 5.74) is 1.00. The summed E-state index contributed by atoms with van der Waals surface area (Å²) in [6.07, 6.45) is 0.763. The number of ether oxygens (including phenoxy) is 1. The molecule has 1 heterocycles. The van der Waals surface area contributed by atoms with Crippen molar-refractivity contribution in [2.75, 3.05) is 18.6 Å². The lowest BCUT2D eigenvalue weighted by Crippen LogP contribution is -2.40. The molecule has 0 aromatic heterocycles. The second kappa shape index (κ2) is 4.96. The smallest absolute Gasteiger partial charge is 0.303 e. The van der Waals surface area contributed by atoms with E-state index in [-0.39, 0.29) is 12.5 Å². The number of carboxylic acid groups (broad SMARTS) is 1. The summed E-state index contributed by atoms with van der Waals surface area (Å²) in [5.74, 6) is 0.0695. The number of anilines is 1. The molecule has 1 aromatic carbocycles. The van der Waals surface area contributed by atoms with Gasteiger partial charge in [-0.3, -0.25) is 4.79 Å².